The van der Waals surface area contributed by atoms with E-state index in [0.29, 0.717) is 10.7 Å². The number of hydrogen-bond donors (Lipinski definition) is 2. The molecule has 2 aromatic carbocycles. The van der Waals surface area contributed by atoms with Crippen molar-refractivity contribution in [3.63, 3.8) is 0 Å². The zero-order valence-corrected chi connectivity index (χ0v) is 13.5. The number of hydrogen-bond acceptors (Lipinski definition) is 3. The summed E-state index contributed by atoms with van der Waals surface area (Å²) in [6, 6.07) is 15.1. The Labute approximate surface area is 140 Å². The molecule has 1 aliphatic heterocycles. The second-order valence-corrected chi connectivity index (χ2v) is 6.05. The van der Waals surface area contributed by atoms with Crippen molar-refractivity contribution in [3.05, 3.63) is 64.7 Å². The van der Waals surface area contributed by atoms with Crippen LogP contribution in [0.15, 0.2) is 48.5 Å². The van der Waals surface area contributed by atoms with Gasteiger partial charge in [0.2, 0.25) is 5.91 Å². The van der Waals surface area contributed by atoms with Gasteiger partial charge in [-0.05, 0) is 29.7 Å². The Balaban J connectivity index is 1.70. The summed E-state index contributed by atoms with van der Waals surface area (Å²) in [5.74, 6) is -0.129. The quantitative estimate of drug-likeness (QED) is 0.906. The van der Waals surface area contributed by atoms with Gasteiger partial charge in [0, 0.05) is 6.54 Å². The van der Waals surface area contributed by atoms with Gasteiger partial charge >= 0.3 is 0 Å². The molecule has 3 rings (SSSR count). The van der Waals surface area contributed by atoms with Crippen molar-refractivity contribution in [2.45, 2.75) is 12.5 Å². The highest BCUT2D eigenvalue weighted by Crippen LogP contribution is 2.29. The first-order valence-corrected chi connectivity index (χ1v) is 8.04. The van der Waals surface area contributed by atoms with Gasteiger partial charge < -0.3 is 10.4 Å². The van der Waals surface area contributed by atoms with E-state index in [2.05, 4.69) is 11.4 Å². The number of aliphatic hydroxyl groups is 1. The highest BCUT2D eigenvalue weighted by molar-refractivity contribution is 6.33. The topological polar surface area (TPSA) is 52.6 Å². The number of para-hydroxylation sites is 1. The van der Waals surface area contributed by atoms with Crippen LogP contribution < -0.4 is 5.32 Å². The summed E-state index contributed by atoms with van der Waals surface area (Å²) >= 11 is 6.07. The van der Waals surface area contributed by atoms with Gasteiger partial charge in [0.1, 0.15) is 0 Å². The minimum absolute atomic E-state index is 0.00358. The highest BCUT2D eigenvalue weighted by Gasteiger charge is 2.27. The molecule has 120 valence electrons. The van der Waals surface area contributed by atoms with Crippen molar-refractivity contribution in [3.8, 4) is 0 Å². The van der Waals surface area contributed by atoms with E-state index in [1.165, 1.54) is 5.56 Å². The van der Waals surface area contributed by atoms with Gasteiger partial charge in [0.25, 0.3) is 0 Å². The number of rotatable bonds is 4. The summed E-state index contributed by atoms with van der Waals surface area (Å²) < 4.78 is 0. The Hall–Kier alpha value is -1.88. The number of carbonyl (C=O) groups excluding carboxylic acids is 1. The number of fused-ring (bicyclic) bond motifs is 1. The molecule has 0 spiro atoms. The molecule has 23 heavy (non-hydrogen) atoms. The number of nitrogens with one attached hydrogen (secondary N) is 1. The van der Waals surface area contributed by atoms with Gasteiger partial charge in [-0.2, -0.15) is 0 Å². The molecule has 0 radical (unpaired) electrons. The number of amides is 1. The fourth-order valence-electron chi connectivity index (χ4n) is 3.04. The van der Waals surface area contributed by atoms with Crippen molar-refractivity contribution in [2.75, 3.05) is 25.0 Å². The van der Waals surface area contributed by atoms with E-state index in [1.807, 2.05) is 35.2 Å². The maximum Gasteiger partial charge on any atom is 0.238 e. The fraction of sp³-hybridized carbons (Fsp3) is 0.278. The van der Waals surface area contributed by atoms with Gasteiger partial charge in [-0.15, -0.1) is 0 Å². The number of benzene rings is 2. The Bertz CT molecular complexity index is 705. The van der Waals surface area contributed by atoms with Crippen LogP contribution in [0.2, 0.25) is 5.02 Å². The Kier molecular flexibility index (Phi) is 4.96. The summed E-state index contributed by atoms with van der Waals surface area (Å²) in [7, 11) is 0. The smallest absolute Gasteiger partial charge is 0.238 e. The average Bonchev–Trinajstić information content (AvgIpc) is 2.57. The maximum atomic E-state index is 12.3. The number of carbonyl (C=O) groups is 1. The number of aliphatic hydroxyl groups excluding tert-OH is 1. The lowest BCUT2D eigenvalue weighted by Crippen LogP contribution is -2.42. The molecule has 0 saturated heterocycles. The normalized spacial score (nSPS) is 17.6. The van der Waals surface area contributed by atoms with Crippen LogP contribution in [0.5, 0.6) is 0 Å². The molecule has 1 aliphatic rings. The van der Waals surface area contributed by atoms with Crippen LogP contribution in [0.4, 0.5) is 5.69 Å². The van der Waals surface area contributed by atoms with Crippen LogP contribution in [0, 0.1) is 0 Å². The molecule has 0 aromatic heterocycles. The first-order chi connectivity index (χ1) is 11.2. The van der Waals surface area contributed by atoms with Crippen LogP contribution in [0.25, 0.3) is 0 Å². The molecule has 1 heterocycles. The zero-order chi connectivity index (χ0) is 16.2. The lowest BCUT2D eigenvalue weighted by Gasteiger charge is -2.35. The third kappa shape index (κ3) is 3.55. The van der Waals surface area contributed by atoms with E-state index >= 15 is 0 Å². The van der Waals surface area contributed by atoms with Crippen molar-refractivity contribution in [1.82, 2.24) is 4.90 Å². The maximum absolute atomic E-state index is 12.3. The van der Waals surface area contributed by atoms with E-state index in [0.717, 1.165) is 18.5 Å². The number of nitrogens with zero attached hydrogens (tertiary/aromatic N) is 1. The molecule has 0 saturated carbocycles. The summed E-state index contributed by atoms with van der Waals surface area (Å²) in [5, 5.41) is 13.1. The third-order valence-electron chi connectivity index (χ3n) is 4.19. The van der Waals surface area contributed by atoms with Crippen molar-refractivity contribution >= 4 is 23.2 Å². The Morgan fingerprint density at radius 2 is 1.96 bits per heavy atom. The van der Waals surface area contributed by atoms with Crippen LogP contribution in [0.3, 0.4) is 0 Å². The van der Waals surface area contributed by atoms with E-state index < -0.39 is 0 Å². The molecule has 0 bridgehead atoms. The molecule has 1 atom stereocenters. The standard InChI is InChI=1S/C18H19ClN2O2/c19-15-7-3-4-8-16(15)20-18(23)11-21-10-9-13-5-1-2-6-14(13)17(21)12-22/h1-8,17,22H,9-12H2,(H,20,23). The van der Waals surface area contributed by atoms with Crippen LogP contribution in [-0.4, -0.2) is 35.6 Å². The lowest BCUT2D eigenvalue weighted by atomic mass is 9.93. The molecule has 1 unspecified atom stereocenters. The zero-order valence-electron chi connectivity index (χ0n) is 12.7. The number of halogens is 1. The minimum Gasteiger partial charge on any atom is -0.394 e. The molecule has 0 aliphatic carbocycles. The summed E-state index contributed by atoms with van der Waals surface area (Å²) in [4.78, 5) is 14.3. The van der Waals surface area contributed by atoms with E-state index in [1.54, 1.807) is 12.1 Å². The van der Waals surface area contributed by atoms with E-state index in [9.17, 15) is 9.90 Å². The predicted molar refractivity (Wildman–Crippen MR) is 91.6 cm³/mol. The predicted octanol–water partition coefficient (Wildman–Crippen LogP) is 2.87. The second-order valence-electron chi connectivity index (χ2n) is 5.65. The van der Waals surface area contributed by atoms with Crippen LogP contribution in [-0.2, 0) is 11.2 Å². The van der Waals surface area contributed by atoms with Crippen LogP contribution >= 0.6 is 11.6 Å². The Morgan fingerprint density at radius 3 is 2.74 bits per heavy atom. The van der Waals surface area contributed by atoms with Gasteiger partial charge in [-0.3, -0.25) is 9.69 Å². The van der Waals surface area contributed by atoms with E-state index in [-0.39, 0.29) is 25.1 Å². The van der Waals surface area contributed by atoms with Gasteiger partial charge in [0.05, 0.1) is 29.9 Å². The van der Waals surface area contributed by atoms with Crippen LogP contribution in [0.1, 0.15) is 17.2 Å². The molecule has 4 nitrogen and oxygen atoms in total. The van der Waals surface area contributed by atoms with Gasteiger partial charge in [-0.25, -0.2) is 0 Å². The average molecular weight is 331 g/mol. The molecule has 1 amide bonds. The lowest BCUT2D eigenvalue weighted by molar-refractivity contribution is -0.118. The fourth-order valence-corrected chi connectivity index (χ4v) is 3.23. The van der Waals surface area contributed by atoms with Gasteiger partial charge in [0.15, 0.2) is 0 Å². The first kappa shape index (κ1) is 16.0. The number of anilines is 1. The van der Waals surface area contributed by atoms with Crippen molar-refractivity contribution in [1.29, 1.82) is 0 Å². The summed E-state index contributed by atoms with van der Waals surface area (Å²) in [6.07, 6.45) is 0.881. The molecule has 0 fully saturated rings. The minimum atomic E-state index is -0.142. The van der Waals surface area contributed by atoms with Gasteiger partial charge in [-0.1, -0.05) is 48.0 Å². The molecule has 2 N–H and O–H groups in total. The Morgan fingerprint density at radius 1 is 1.22 bits per heavy atom. The van der Waals surface area contributed by atoms with Crippen molar-refractivity contribution < 1.29 is 9.90 Å². The molecular weight excluding hydrogens is 312 g/mol. The monoisotopic (exact) mass is 330 g/mol. The van der Waals surface area contributed by atoms with E-state index in [4.69, 9.17) is 11.6 Å². The molecular formula is C18H19ClN2O2. The summed E-state index contributed by atoms with van der Waals surface area (Å²) in [6.45, 7) is 0.972. The summed E-state index contributed by atoms with van der Waals surface area (Å²) in [5.41, 5.74) is 2.96. The largest absolute Gasteiger partial charge is 0.394 e. The molecule has 2 aromatic rings. The first-order valence-electron chi connectivity index (χ1n) is 7.66. The van der Waals surface area contributed by atoms with Crippen molar-refractivity contribution in [2.24, 2.45) is 0 Å². The second kappa shape index (κ2) is 7.13. The molecule has 5 heteroatoms. The third-order valence-corrected chi connectivity index (χ3v) is 4.52. The SMILES string of the molecule is O=C(CN1CCc2ccccc2C1CO)Nc1ccccc1Cl. The highest BCUT2D eigenvalue weighted by atomic mass is 35.5.